The van der Waals surface area contributed by atoms with Gasteiger partial charge >= 0.3 is 5.97 Å². The quantitative estimate of drug-likeness (QED) is 0.145. The monoisotopic (exact) mass is 727 g/mol. The van der Waals surface area contributed by atoms with Gasteiger partial charge < -0.3 is 20.5 Å². The molecule has 7 rings (SSSR count). The first kappa shape index (κ1) is 35.3. The molecule has 1 atom stereocenters. The molecule has 4 aromatic rings. The van der Waals surface area contributed by atoms with E-state index in [2.05, 4.69) is 64.1 Å². The van der Waals surface area contributed by atoms with Crippen LogP contribution in [-0.2, 0) is 35.6 Å². The number of aromatic nitrogens is 2. The number of carbonyl (C=O) groups excluding carboxylic acids is 1. The predicted molar refractivity (Wildman–Crippen MR) is 200 cm³/mol. The lowest BCUT2D eigenvalue weighted by molar-refractivity contribution is -0.143. The number of ether oxygens (including phenoxy) is 1. The summed E-state index contributed by atoms with van der Waals surface area (Å²) in [6.07, 6.45) is 8.71. The van der Waals surface area contributed by atoms with Gasteiger partial charge in [0.15, 0.2) is 0 Å². The first-order valence-corrected chi connectivity index (χ1v) is 18.5. The Morgan fingerprint density at radius 2 is 1.78 bits per heavy atom. The summed E-state index contributed by atoms with van der Waals surface area (Å²) in [4.78, 5) is 25.1. The van der Waals surface area contributed by atoms with E-state index >= 15 is 0 Å². The van der Waals surface area contributed by atoms with Gasteiger partial charge in [-0.3, -0.25) is 19.2 Å². The van der Waals surface area contributed by atoms with Crippen molar-refractivity contribution in [2.75, 3.05) is 26.7 Å². The average molecular weight is 729 g/mol. The number of halogens is 2. The maximum atomic E-state index is 11.5. The van der Waals surface area contributed by atoms with E-state index in [1.165, 1.54) is 5.56 Å². The van der Waals surface area contributed by atoms with Crippen LogP contribution in [0.25, 0.3) is 16.7 Å². The standard InChI is InChI=1S/C40H43Cl2N5O4/c1-51-37-19-28(35(41)18-29(37)23-46-16-14-27(15-17-46)40(49)50)24-47-36-7-3-5-32(34(36)22-44-47)33-6-2-4-31(39(33)42)26-10-8-25(9-11-26)20-43-21-30-12-13-38(48)45-30/h2,4-6,8-11,18-19,22,27,30,43H,3,7,12-17,20-21,23-24H2,1H3,(H,45,48)(H,49,50)/t30-/m0/s1. The maximum Gasteiger partial charge on any atom is 0.306 e. The number of nitrogens with one attached hydrogen (secondary N) is 2. The summed E-state index contributed by atoms with van der Waals surface area (Å²) in [7, 11) is 1.67. The van der Waals surface area contributed by atoms with E-state index in [0.717, 1.165) is 95.8 Å². The summed E-state index contributed by atoms with van der Waals surface area (Å²) in [6.45, 7) is 4.13. The van der Waals surface area contributed by atoms with Gasteiger partial charge in [-0.2, -0.15) is 5.10 Å². The topological polar surface area (TPSA) is 109 Å². The molecule has 0 saturated carbocycles. The van der Waals surface area contributed by atoms with Gasteiger partial charge in [-0.1, -0.05) is 71.7 Å². The Hall–Kier alpha value is -4.15. The first-order chi connectivity index (χ1) is 24.8. The van der Waals surface area contributed by atoms with Crippen LogP contribution in [0.3, 0.4) is 0 Å². The highest BCUT2D eigenvalue weighted by Gasteiger charge is 2.26. The number of piperidine rings is 1. The number of carboxylic acid groups (broad SMARTS) is 1. The third-order valence-electron chi connectivity index (χ3n) is 10.4. The number of hydrogen-bond acceptors (Lipinski definition) is 6. The summed E-state index contributed by atoms with van der Waals surface area (Å²) in [6, 6.07) is 18.9. The third-order valence-corrected chi connectivity index (χ3v) is 11.2. The number of likely N-dealkylation sites (tertiary alicyclic amines) is 1. The molecule has 0 radical (unpaired) electrons. The molecule has 1 aliphatic carbocycles. The smallest absolute Gasteiger partial charge is 0.306 e. The number of fused-ring (bicyclic) bond motifs is 1. The van der Waals surface area contributed by atoms with Crippen molar-refractivity contribution >= 4 is 40.7 Å². The van der Waals surface area contributed by atoms with Gasteiger partial charge in [0.25, 0.3) is 0 Å². The lowest BCUT2D eigenvalue weighted by atomic mass is 9.89. The van der Waals surface area contributed by atoms with Crippen molar-refractivity contribution in [1.82, 2.24) is 25.3 Å². The number of carboxylic acids is 1. The van der Waals surface area contributed by atoms with Crippen LogP contribution in [0, 0.1) is 5.92 Å². The number of nitrogens with zero attached hydrogens (tertiary/aromatic N) is 3. The molecule has 0 spiro atoms. The summed E-state index contributed by atoms with van der Waals surface area (Å²) in [5.41, 5.74) is 9.40. The number of aliphatic carboxylic acids is 1. The molecule has 2 aliphatic heterocycles. The molecule has 3 heterocycles. The molecule has 11 heteroatoms. The number of carbonyl (C=O) groups is 2. The zero-order chi connectivity index (χ0) is 35.5. The van der Waals surface area contributed by atoms with Crippen LogP contribution in [0.15, 0.2) is 66.9 Å². The Kier molecular flexibility index (Phi) is 10.8. The lowest BCUT2D eigenvalue weighted by Gasteiger charge is -2.30. The highest BCUT2D eigenvalue weighted by atomic mass is 35.5. The second-order valence-corrected chi connectivity index (χ2v) is 14.5. The van der Waals surface area contributed by atoms with Crippen LogP contribution in [0.4, 0.5) is 0 Å². The van der Waals surface area contributed by atoms with Crippen LogP contribution in [0.2, 0.25) is 10.0 Å². The van der Waals surface area contributed by atoms with Gasteiger partial charge in [0.1, 0.15) is 5.75 Å². The Morgan fingerprint density at radius 1 is 1.00 bits per heavy atom. The molecular weight excluding hydrogens is 685 g/mol. The number of methoxy groups -OCH3 is 1. The van der Waals surface area contributed by atoms with Crippen LogP contribution >= 0.6 is 23.2 Å². The molecule has 0 unspecified atom stereocenters. The number of hydrogen-bond donors (Lipinski definition) is 3. The molecule has 266 valence electrons. The molecule has 51 heavy (non-hydrogen) atoms. The molecule has 3 N–H and O–H groups in total. The van der Waals surface area contributed by atoms with Gasteiger partial charge in [-0.25, -0.2) is 0 Å². The third kappa shape index (κ3) is 7.87. The van der Waals surface area contributed by atoms with Crippen molar-refractivity contribution < 1.29 is 19.4 Å². The molecule has 9 nitrogen and oxygen atoms in total. The van der Waals surface area contributed by atoms with E-state index in [4.69, 9.17) is 33.0 Å². The number of rotatable bonds is 12. The Balaban J connectivity index is 1.04. The summed E-state index contributed by atoms with van der Waals surface area (Å²) < 4.78 is 7.84. The van der Waals surface area contributed by atoms with E-state index in [1.54, 1.807) is 7.11 Å². The van der Waals surface area contributed by atoms with E-state index < -0.39 is 5.97 Å². The highest BCUT2D eigenvalue weighted by molar-refractivity contribution is 6.35. The van der Waals surface area contributed by atoms with Gasteiger partial charge in [-0.05, 0) is 79.6 Å². The molecule has 1 amide bonds. The minimum atomic E-state index is -0.709. The van der Waals surface area contributed by atoms with Crippen molar-refractivity contribution in [2.24, 2.45) is 5.92 Å². The van der Waals surface area contributed by atoms with Gasteiger partial charge in [0, 0.05) is 65.1 Å². The van der Waals surface area contributed by atoms with E-state index in [9.17, 15) is 14.7 Å². The minimum Gasteiger partial charge on any atom is -0.496 e. The molecule has 2 saturated heterocycles. The average Bonchev–Trinajstić information content (AvgIpc) is 3.75. The largest absolute Gasteiger partial charge is 0.496 e. The Bertz CT molecular complexity index is 1950. The maximum absolute atomic E-state index is 11.5. The predicted octanol–water partition coefficient (Wildman–Crippen LogP) is 6.96. The summed E-state index contributed by atoms with van der Waals surface area (Å²) >= 11 is 14.1. The van der Waals surface area contributed by atoms with Crippen LogP contribution in [0.5, 0.6) is 5.75 Å². The van der Waals surface area contributed by atoms with Crippen LogP contribution < -0.4 is 15.4 Å². The summed E-state index contributed by atoms with van der Waals surface area (Å²) in [5, 5.41) is 22.0. The van der Waals surface area contributed by atoms with Crippen LogP contribution in [0.1, 0.15) is 65.6 Å². The molecule has 1 aromatic heterocycles. The van der Waals surface area contributed by atoms with Crippen molar-refractivity contribution in [3.8, 4) is 16.9 Å². The van der Waals surface area contributed by atoms with Gasteiger partial charge in [0.2, 0.25) is 5.91 Å². The Morgan fingerprint density at radius 3 is 2.51 bits per heavy atom. The number of benzene rings is 3. The molecule has 2 fully saturated rings. The fourth-order valence-electron chi connectivity index (χ4n) is 7.55. The van der Waals surface area contributed by atoms with Crippen LogP contribution in [-0.4, -0.2) is 64.4 Å². The first-order valence-electron chi connectivity index (χ1n) is 17.7. The van der Waals surface area contributed by atoms with Crippen molar-refractivity contribution in [1.29, 1.82) is 0 Å². The van der Waals surface area contributed by atoms with Crippen molar-refractivity contribution in [3.63, 3.8) is 0 Å². The van der Waals surface area contributed by atoms with Gasteiger partial charge in [0.05, 0.1) is 30.8 Å². The molecule has 0 bridgehead atoms. The van der Waals surface area contributed by atoms with E-state index in [-0.39, 0.29) is 17.9 Å². The van der Waals surface area contributed by atoms with E-state index in [0.29, 0.717) is 42.4 Å². The van der Waals surface area contributed by atoms with Crippen molar-refractivity contribution in [3.05, 3.63) is 110 Å². The zero-order valence-corrected chi connectivity index (χ0v) is 30.3. The SMILES string of the molecule is COc1cc(Cn2ncc3c2CCC=C3c2cccc(-c3ccc(CNC[C@@H]4CCC(=O)N4)cc3)c2Cl)c(Cl)cc1CN1CCC(C(=O)O)CC1. The number of allylic oxidation sites excluding steroid dienone is 1. The van der Waals surface area contributed by atoms with E-state index in [1.807, 2.05) is 23.0 Å². The molecule has 3 aliphatic rings. The number of amides is 1. The fourth-order valence-corrected chi connectivity index (χ4v) is 8.13. The molecule has 3 aromatic carbocycles. The normalized spacial score (nSPS) is 18.0. The molecular formula is C40H43Cl2N5O4. The zero-order valence-electron chi connectivity index (χ0n) is 28.8. The second-order valence-electron chi connectivity index (χ2n) is 13.8. The van der Waals surface area contributed by atoms with Crippen molar-refractivity contribution in [2.45, 2.75) is 64.2 Å². The van der Waals surface area contributed by atoms with Gasteiger partial charge in [-0.15, -0.1) is 0 Å². The second kappa shape index (κ2) is 15.6. The highest BCUT2D eigenvalue weighted by Crippen LogP contribution is 2.40. The fraction of sp³-hybridized carbons (Fsp3) is 0.375. The Labute approximate surface area is 308 Å². The summed E-state index contributed by atoms with van der Waals surface area (Å²) in [5.74, 6) is -0.0737. The minimum absolute atomic E-state index is 0.136. The lowest BCUT2D eigenvalue weighted by Crippen LogP contribution is -2.35.